The zero-order chi connectivity index (χ0) is 20.3. The van der Waals surface area contributed by atoms with Gasteiger partial charge in [-0.1, -0.05) is 53.5 Å². The summed E-state index contributed by atoms with van der Waals surface area (Å²) in [5, 5.41) is 4.04. The third kappa shape index (κ3) is 4.80. The lowest BCUT2D eigenvalue weighted by Crippen LogP contribution is -2.12. The minimum atomic E-state index is -0.260. The fourth-order valence-electron chi connectivity index (χ4n) is 2.72. The molecule has 0 aromatic heterocycles. The van der Waals surface area contributed by atoms with Crippen molar-refractivity contribution < 1.29 is 9.59 Å². The Morgan fingerprint density at radius 3 is 1.96 bits per heavy atom. The Balaban J connectivity index is 1.67. The fraction of sp³-hybridized carbons (Fsp3) is 0.130. The summed E-state index contributed by atoms with van der Waals surface area (Å²) in [4.78, 5) is 24.9. The molecule has 28 heavy (non-hydrogen) atoms. The van der Waals surface area contributed by atoms with Gasteiger partial charge >= 0.3 is 0 Å². The molecule has 0 aliphatic rings. The van der Waals surface area contributed by atoms with Gasteiger partial charge in [0.2, 0.25) is 0 Å². The number of Topliss-reactive ketones (excluding diaryl/α,β-unsaturated/α-hetero) is 1. The van der Waals surface area contributed by atoms with Crippen molar-refractivity contribution in [1.82, 2.24) is 0 Å². The Morgan fingerprint density at radius 2 is 1.36 bits per heavy atom. The quantitative estimate of drug-likeness (QED) is 0.501. The van der Waals surface area contributed by atoms with Crippen LogP contribution in [0.4, 0.5) is 5.69 Å². The van der Waals surface area contributed by atoms with E-state index in [2.05, 4.69) is 5.32 Å². The van der Waals surface area contributed by atoms with Gasteiger partial charge in [0.25, 0.3) is 5.91 Å². The molecule has 0 aliphatic heterocycles. The van der Waals surface area contributed by atoms with Gasteiger partial charge in [0.15, 0.2) is 5.78 Å². The number of benzene rings is 3. The second-order valence-corrected chi connectivity index (χ2v) is 7.49. The highest BCUT2D eigenvalue weighted by atomic mass is 35.5. The van der Waals surface area contributed by atoms with Crippen LogP contribution in [0.3, 0.4) is 0 Å². The predicted octanol–water partition coefficient (Wildman–Crippen LogP) is 6.29. The molecule has 0 atom stereocenters. The van der Waals surface area contributed by atoms with E-state index in [0.29, 0.717) is 26.9 Å². The number of nitrogens with one attached hydrogen (secondary N) is 1. The van der Waals surface area contributed by atoms with Crippen LogP contribution in [-0.4, -0.2) is 11.7 Å². The van der Waals surface area contributed by atoms with Gasteiger partial charge < -0.3 is 5.32 Å². The highest BCUT2D eigenvalue weighted by Gasteiger charge is 2.11. The van der Waals surface area contributed by atoms with Gasteiger partial charge in [0.05, 0.1) is 0 Å². The van der Waals surface area contributed by atoms with Crippen LogP contribution < -0.4 is 5.32 Å². The standard InChI is InChI=1S/C23H19Cl2NO2/c1-14-3-5-16(11-20(14)24)12-22(27)17-6-8-18(9-7-17)23(28)26-19-10-4-15(2)21(25)13-19/h3-11,13H,12H2,1-2H3,(H,26,28). The number of anilines is 1. The van der Waals surface area contributed by atoms with E-state index in [1.165, 1.54) is 0 Å². The highest BCUT2D eigenvalue weighted by Crippen LogP contribution is 2.21. The maximum Gasteiger partial charge on any atom is 0.255 e. The number of hydrogen-bond acceptors (Lipinski definition) is 2. The number of ketones is 1. The van der Waals surface area contributed by atoms with Gasteiger partial charge in [-0.25, -0.2) is 0 Å². The first kappa shape index (κ1) is 20.1. The second kappa shape index (κ2) is 8.59. The number of carbonyl (C=O) groups is 2. The van der Waals surface area contributed by atoms with Crippen molar-refractivity contribution in [3.8, 4) is 0 Å². The molecule has 1 N–H and O–H groups in total. The third-order valence-electron chi connectivity index (χ3n) is 4.50. The lowest BCUT2D eigenvalue weighted by molar-refractivity contribution is 0.0989. The molecular weight excluding hydrogens is 393 g/mol. The first-order chi connectivity index (χ1) is 13.3. The Labute approximate surface area is 174 Å². The maximum atomic E-state index is 12.5. The van der Waals surface area contributed by atoms with E-state index in [1.54, 1.807) is 36.4 Å². The number of aryl methyl sites for hydroxylation is 2. The fourth-order valence-corrected chi connectivity index (χ4v) is 3.10. The summed E-state index contributed by atoms with van der Waals surface area (Å²) < 4.78 is 0. The minimum Gasteiger partial charge on any atom is -0.322 e. The van der Waals surface area contributed by atoms with Gasteiger partial charge in [-0.3, -0.25) is 9.59 Å². The van der Waals surface area contributed by atoms with Crippen LogP contribution in [0.15, 0.2) is 60.7 Å². The molecule has 1 amide bonds. The van der Waals surface area contributed by atoms with Crippen LogP contribution in [0.1, 0.15) is 37.4 Å². The molecular formula is C23H19Cl2NO2. The molecule has 0 radical (unpaired) electrons. The van der Waals surface area contributed by atoms with Crippen molar-refractivity contribution in [3.63, 3.8) is 0 Å². The number of hydrogen-bond donors (Lipinski definition) is 1. The number of amides is 1. The Morgan fingerprint density at radius 1 is 0.786 bits per heavy atom. The summed E-state index contributed by atoms with van der Waals surface area (Å²) in [5.41, 5.74) is 4.41. The van der Waals surface area contributed by atoms with Crippen molar-refractivity contribution >= 4 is 40.6 Å². The molecule has 0 fully saturated rings. The van der Waals surface area contributed by atoms with Gasteiger partial charge in [0, 0.05) is 33.3 Å². The first-order valence-electron chi connectivity index (χ1n) is 8.79. The summed E-state index contributed by atoms with van der Waals surface area (Å²) in [6.07, 6.45) is 0.257. The summed E-state index contributed by atoms with van der Waals surface area (Å²) in [7, 11) is 0. The van der Waals surface area contributed by atoms with Crippen molar-refractivity contribution in [1.29, 1.82) is 0 Å². The van der Waals surface area contributed by atoms with Crippen LogP contribution in [0.25, 0.3) is 0 Å². The molecule has 0 heterocycles. The molecule has 0 bridgehead atoms. The van der Waals surface area contributed by atoms with Gasteiger partial charge in [-0.2, -0.15) is 0 Å². The number of carbonyl (C=O) groups excluding carboxylic acids is 2. The number of rotatable bonds is 5. The Hall–Kier alpha value is -2.62. The average Bonchev–Trinajstić information content (AvgIpc) is 2.67. The van der Waals surface area contributed by atoms with Crippen LogP contribution in [0.5, 0.6) is 0 Å². The van der Waals surface area contributed by atoms with Crippen LogP contribution in [0.2, 0.25) is 10.0 Å². The monoisotopic (exact) mass is 411 g/mol. The predicted molar refractivity (Wildman–Crippen MR) is 115 cm³/mol. The van der Waals surface area contributed by atoms with Crippen LogP contribution >= 0.6 is 23.2 Å². The third-order valence-corrected chi connectivity index (χ3v) is 5.31. The van der Waals surface area contributed by atoms with Crippen LogP contribution in [0, 0.1) is 13.8 Å². The van der Waals surface area contributed by atoms with Crippen molar-refractivity contribution in [2.45, 2.75) is 20.3 Å². The minimum absolute atomic E-state index is 0.0304. The van der Waals surface area contributed by atoms with E-state index in [-0.39, 0.29) is 18.1 Å². The van der Waals surface area contributed by atoms with E-state index in [9.17, 15) is 9.59 Å². The van der Waals surface area contributed by atoms with Crippen molar-refractivity contribution in [2.24, 2.45) is 0 Å². The SMILES string of the molecule is Cc1ccc(CC(=O)c2ccc(C(=O)Nc3ccc(C)c(Cl)c3)cc2)cc1Cl. The van der Waals surface area contributed by atoms with E-state index >= 15 is 0 Å². The van der Waals surface area contributed by atoms with Crippen LogP contribution in [-0.2, 0) is 6.42 Å². The van der Waals surface area contributed by atoms with Crippen molar-refractivity contribution in [2.75, 3.05) is 5.32 Å². The summed E-state index contributed by atoms with van der Waals surface area (Å²) in [6.45, 7) is 3.82. The molecule has 3 nitrogen and oxygen atoms in total. The molecule has 0 saturated heterocycles. The topological polar surface area (TPSA) is 46.2 Å². The Kier molecular flexibility index (Phi) is 6.18. The maximum absolute atomic E-state index is 12.5. The largest absolute Gasteiger partial charge is 0.322 e. The van der Waals surface area contributed by atoms with Gasteiger partial charge in [-0.05, 0) is 60.9 Å². The molecule has 0 unspecified atom stereocenters. The molecule has 0 aliphatic carbocycles. The van der Waals surface area contributed by atoms with E-state index in [4.69, 9.17) is 23.2 Å². The van der Waals surface area contributed by atoms with Gasteiger partial charge in [0.1, 0.15) is 0 Å². The molecule has 3 aromatic carbocycles. The lowest BCUT2D eigenvalue weighted by Gasteiger charge is -2.08. The molecule has 3 aromatic rings. The normalized spacial score (nSPS) is 10.6. The van der Waals surface area contributed by atoms with E-state index in [0.717, 1.165) is 16.7 Å². The molecule has 142 valence electrons. The van der Waals surface area contributed by atoms with Gasteiger partial charge in [-0.15, -0.1) is 0 Å². The molecule has 5 heteroatoms. The highest BCUT2D eigenvalue weighted by molar-refractivity contribution is 6.32. The number of halogens is 2. The van der Waals surface area contributed by atoms with Crippen molar-refractivity contribution in [3.05, 3.63) is 98.5 Å². The second-order valence-electron chi connectivity index (χ2n) is 6.68. The smallest absolute Gasteiger partial charge is 0.255 e. The molecule has 3 rings (SSSR count). The van der Waals surface area contributed by atoms with E-state index in [1.807, 2.05) is 38.1 Å². The van der Waals surface area contributed by atoms with E-state index < -0.39 is 0 Å². The Bertz CT molecular complexity index is 958. The zero-order valence-electron chi connectivity index (χ0n) is 15.6. The summed E-state index contributed by atoms with van der Waals surface area (Å²) in [5.74, 6) is -0.290. The summed E-state index contributed by atoms with van der Waals surface area (Å²) in [6, 6.07) is 17.6. The zero-order valence-corrected chi connectivity index (χ0v) is 17.1. The lowest BCUT2D eigenvalue weighted by atomic mass is 10.0. The molecule has 0 spiro atoms. The molecule has 0 saturated carbocycles. The first-order valence-corrected chi connectivity index (χ1v) is 9.55. The summed E-state index contributed by atoms with van der Waals surface area (Å²) >= 11 is 12.2. The average molecular weight is 412 g/mol.